The molecule has 112 valence electrons. The second kappa shape index (κ2) is 6.76. The van der Waals surface area contributed by atoms with Gasteiger partial charge in [-0.3, -0.25) is 0 Å². The summed E-state index contributed by atoms with van der Waals surface area (Å²) >= 11 is 3.47. The molecule has 0 N–H and O–H groups in total. The summed E-state index contributed by atoms with van der Waals surface area (Å²) in [5.41, 5.74) is 1.79. The van der Waals surface area contributed by atoms with Gasteiger partial charge in [-0.25, -0.2) is 4.79 Å². The molecular formula is C15H16BrNO4. The number of carbonyl (C=O) groups is 1. The van der Waals surface area contributed by atoms with Crippen LogP contribution in [0.2, 0.25) is 0 Å². The van der Waals surface area contributed by atoms with Crippen molar-refractivity contribution < 1.29 is 19.1 Å². The number of hydrogen-bond acceptors (Lipinski definition) is 5. The van der Waals surface area contributed by atoms with Crippen LogP contribution in [0.25, 0.3) is 6.08 Å². The molecule has 2 rings (SSSR count). The first kappa shape index (κ1) is 15.6. The second-order valence-electron chi connectivity index (χ2n) is 4.50. The summed E-state index contributed by atoms with van der Waals surface area (Å²) in [6, 6.07) is 3.67. The van der Waals surface area contributed by atoms with Crippen LogP contribution >= 0.6 is 15.9 Å². The minimum atomic E-state index is -0.450. The summed E-state index contributed by atoms with van der Waals surface area (Å²) in [5, 5.41) is 3.65. The Morgan fingerprint density at radius 3 is 2.76 bits per heavy atom. The summed E-state index contributed by atoms with van der Waals surface area (Å²) in [6.07, 6.45) is 2.62. The van der Waals surface area contributed by atoms with Gasteiger partial charge in [-0.15, -0.1) is 0 Å². The van der Waals surface area contributed by atoms with Crippen molar-refractivity contribution in [3.8, 4) is 11.5 Å². The molecule has 1 aromatic carbocycles. The van der Waals surface area contributed by atoms with Crippen LogP contribution in [0, 0.1) is 0 Å². The average molecular weight is 354 g/mol. The Bertz CT molecular complexity index is 622. The third kappa shape index (κ3) is 3.44. The molecule has 1 aliphatic heterocycles. The molecule has 0 spiro atoms. The maximum atomic E-state index is 11.6. The van der Waals surface area contributed by atoms with Crippen LogP contribution in [-0.2, 0) is 9.63 Å². The van der Waals surface area contributed by atoms with Gasteiger partial charge in [0.05, 0.1) is 29.5 Å². The zero-order valence-corrected chi connectivity index (χ0v) is 13.7. The van der Waals surface area contributed by atoms with E-state index in [4.69, 9.17) is 9.47 Å². The summed E-state index contributed by atoms with van der Waals surface area (Å²) in [6.45, 7) is 4.36. The van der Waals surface area contributed by atoms with Crippen LogP contribution < -0.4 is 9.47 Å². The predicted octanol–water partition coefficient (Wildman–Crippen LogP) is 3.56. The van der Waals surface area contributed by atoms with E-state index in [0.29, 0.717) is 29.4 Å². The van der Waals surface area contributed by atoms with E-state index in [2.05, 4.69) is 25.9 Å². The lowest BCUT2D eigenvalue weighted by atomic mass is 10.1. The molecule has 6 heteroatoms. The normalized spacial score (nSPS) is 15.9. The number of hydrogen-bond donors (Lipinski definition) is 0. The molecule has 0 fully saturated rings. The monoisotopic (exact) mass is 353 g/mol. The second-order valence-corrected chi connectivity index (χ2v) is 5.35. The van der Waals surface area contributed by atoms with Crippen LogP contribution in [0.3, 0.4) is 0 Å². The van der Waals surface area contributed by atoms with Gasteiger partial charge in [0.1, 0.15) is 0 Å². The Balaban J connectivity index is 2.38. The van der Waals surface area contributed by atoms with Gasteiger partial charge in [-0.2, -0.15) is 0 Å². The maximum Gasteiger partial charge on any atom is 0.367 e. The Kier molecular flexibility index (Phi) is 5.01. The van der Waals surface area contributed by atoms with Crippen LogP contribution in [0.15, 0.2) is 27.3 Å². The predicted molar refractivity (Wildman–Crippen MR) is 83.7 cm³/mol. The van der Waals surface area contributed by atoms with E-state index in [0.717, 1.165) is 16.5 Å². The first-order valence-electron chi connectivity index (χ1n) is 6.55. The van der Waals surface area contributed by atoms with Crippen LogP contribution in [0.4, 0.5) is 0 Å². The molecule has 1 aliphatic rings. The highest BCUT2D eigenvalue weighted by atomic mass is 79.9. The highest BCUT2D eigenvalue weighted by molar-refractivity contribution is 9.10. The fraction of sp³-hybridized carbons (Fsp3) is 0.333. The third-order valence-corrected chi connectivity index (χ3v) is 3.48. The van der Waals surface area contributed by atoms with E-state index in [-0.39, 0.29) is 0 Å². The molecule has 5 nitrogen and oxygen atoms in total. The van der Waals surface area contributed by atoms with Crippen molar-refractivity contribution in [2.24, 2.45) is 5.16 Å². The van der Waals surface area contributed by atoms with Crippen LogP contribution in [0.1, 0.15) is 25.8 Å². The molecule has 0 unspecified atom stereocenters. The van der Waals surface area contributed by atoms with Crippen molar-refractivity contribution in [3.05, 3.63) is 27.7 Å². The van der Waals surface area contributed by atoms with Crippen molar-refractivity contribution in [2.75, 3.05) is 13.7 Å². The van der Waals surface area contributed by atoms with Crippen molar-refractivity contribution in [1.29, 1.82) is 0 Å². The maximum absolute atomic E-state index is 11.6. The van der Waals surface area contributed by atoms with E-state index in [1.165, 1.54) is 0 Å². The van der Waals surface area contributed by atoms with Gasteiger partial charge in [0, 0.05) is 0 Å². The minimum absolute atomic E-state index is 0.436. The number of rotatable bonds is 5. The number of halogens is 1. The Hall–Kier alpha value is -1.82. The molecule has 0 saturated heterocycles. The van der Waals surface area contributed by atoms with Gasteiger partial charge in [0.15, 0.2) is 11.5 Å². The Morgan fingerprint density at radius 2 is 2.19 bits per heavy atom. The first-order chi connectivity index (χ1) is 10.1. The number of ether oxygens (including phenoxy) is 2. The lowest BCUT2D eigenvalue weighted by Gasteiger charge is -2.13. The number of nitrogens with zero attached hydrogens (tertiary/aromatic N) is 1. The van der Waals surface area contributed by atoms with Gasteiger partial charge in [0.2, 0.25) is 0 Å². The first-order valence-corrected chi connectivity index (χ1v) is 7.34. The lowest BCUT2D eigenvalue weighted by Crippen LogP contribution is -2.02. The number of oxime groups is 1. The summed E-state index contributed by atoms with van der Waals surface area (Å²) in [4.78, 5) is 16.2. The highest BCUT2D eigenvalue weighted by Crippen LogP contribution is 2.37. The molecule has 0 atom stereocenters. The van der Waals surface area contributed by atoms with Crippen molar-refractivity contribution in [1.82, 2.24) is 0 Å². The van der Waals surface area contributed by atoms with Gasteiger partial charge in [0.25, 0.3) is 0 Å². The summed E-state index contributed by atoms with van der Waals surface area (Å²) in [7, 11) is 1.58. The molecule has 21 heavy (non-hydrogen) atoms. The molecule has 0 aromatic heterocycles. The number of methoxy groups -OCH3 is 1. The van der Waals surface area contributed by atoms with E-state index in [1.54, 1.807) is 20.1 Å². The zero-order valence-electron chi connectivity index (χ0n) is 12.1. The highest BCUT2D eigenvalue weighted by Gasteiger charge is 2.22. The van der Waals surface area contributed by atoms with Crippen LogP contribution in [0.5, 0.6) is 11.5 Å². The van der Waals surface area contributed by atoms with E-state index >= 15 is 0 Å². The molecule has 0 bridgehead atoms. The molecule has 1 heterocycles. The SMILES string of the molecule is CCCOc1c(Br)cc(/C=C2/C(=O)ON=C2C)cc1OC. The van der Waals surface area contributed by atoms with Gasteiger partial charge in [-0.1, -0.05) is 12.1 Å². The standard InChI is InChI=1S/C15H16BrNO4/c1-4-5-20-14-12(16)7-10(8-13(14)19-3)6-11-9(2)17-21-15(11)18/h6-8H,4-5H2,1-3H3/b11-6+. The average Bonchev–Trinajstić information content (AvgIpc) is 2.77. The molecule has 0 radical (unpaired) electrons. The van der Waals surface area contributed by atoms with Crippen molar-refractivity contribution >= 4 is 33.7 Å². The van der Waals surface area contributed by atoms with Gasteiger partial charge in [-0.05, 0) is 53.0 Å². The topological polar surface area (TPSA) is 57.1 Å². The number of carbonyl (C=O) groups excluding carboxylic acids is 1. The van der Waals surface area contributed by atoms with Crippen molar-refractivity contribution in [2.45, 2.75) is 20.3 Å². The molecule has 0 amide bonds. The quantitative estimate of drug-likeness (QED) is 0.599. The largest absolute Gasteiger partial charge is 0.493 e. The van der Waals surface area contributed by atoms with E-state index in [9.17, 15) is 4.79 Å². The third-order valence-electron chi connectivity index (χ3n) is 2.89. The summed E-state index contributed by atoms with van der Waals surface area (Å²) in [5.74, 6) is 0.806. The number of benzene rings is 1. The zero-order chi connectivity index (χ0) is 15.4. The molecule has 0 aliphatic carbocycles. The lowest BCUT2D eigenvalue weighted by molar-refractivity contribution is -0.136. The molecule has 0 saturated carbocycles. The fourth-order valence-corrected chi connectivity index (χ4v) is 2.43. The van der Waals surface area contributed by atoms with E-state index in [1.807, 2.05) is 19.1 Å². The molecular weight excluding hydrogens is 338 g/mol. The van der Waals surface area contributed by atoms with Gasteiger partial charge >= 0.3 is 5.97 Å². The van der Waals surface area contributed by atoms with E-state index < -0.39 is 5.97 Å². The summed E-state index contributed by atoms with van der Waals surface area (Å²) < 4.78 is 11.8. The molecule has 1 aromatic rings. The van der Waals surface area contributed by atoms with Gasteiger partial charge < -0.3 is 14.3 Å². The van der Waals surface area contributed by atoms with Crippen molar-refractivity contribution in [3.63, 3.8) is 0 Å². The fourth-order valence-electron chi connectivity index (χ4n) is 1.85. The minimum Gasteiger partial charge on any atom is -0.493 e. The Morgan fingerprint density at radius 1 is 1.43 bits per heavy atom. The smallest absolute Gasteiger partial charge is 0.367 e. The van der Waals surface area contributed by atoms with Crippen LogP contribution in [-0.4, -0.2) is 25.4 Å². The Labute approximate surface area is 131 Å².